The van der Waals surface area contributed by atoms with E-state index in [1.54, 1.807) is 11.0 Å². The van der Waals surface area contributed by atoms with E-state index >= 15 is 0 Å². The van der Waals surface area contributed by atoms with E-state index in [4.69, 9.17) is 0 Å². The third-order valence-electron chi connectivity index (χ3n) is 6.12. The number of carboxylic acids is 1. The van der Waals surface area contributed by atoms with Gasteiger partial charge in [0, 0.05) is 24.7 Å². The van der Waals surface area contributed by atoms with Crippen molar-refractivity contribution in [2.45, 2.75) is 25.3 Å². The molecular formula is C20H24N4O3. The lowest BCUT2D eigenvalue weighted by molar-refractivity contribution is -0.161. The van der Waals surface area contributed by atoms with Gasteiger partial charge in [0.15, 0.2) is 0 Å². The van der Waals surface area contributed by atoms with Crippen LogP contribution in [-0.2, 0) is 4.79 Å². The van der Waals surface area contributed by atoms with Crippen molar-refractivity contribution >= 4 is 11.9 Å². The van der Waals surface area contributed by atoms with Crippen molar-refractivity contribution in [3.63, 3.8) is 0 Å². The molecule has 0 aliphatic carbocycles. The minimum Gasteiger partial charge on any atom is -0.481 e. The molecule has 7 heteroatoms. The molecule has 3 heterocycles. The van der Waals surface area contributed by atoms with Crippen LogP contribution in [0.15, 0.2) is 36.4 Å². The maximum Gasteiger partial charge on any atom is 0.311 e. The van der Waals surface area contributed by atoms with Gasteiger partial charge < -0.3 is 14.9 Å². The van der Waals surface area contributed by atoms with Crippen molar-refractivity contribution in [1.29, 1.82) is 0 Å². The predicted molar refractivity (Wildman–Crippen MR) is 100 cm³/mol. The molecule has 2 saturated heterocycles. The van der Waals surface area contributed by atoms with Crippen LogP contribution >= 0.6 is 0 Å². The molecule has 1 aromatic carbocycles. The van der Waals surface area contributed by atoms with Crippen molar-refractivity contribution in [2.75, 3.05) is 26.7 Å². The van der Waals surface area contributed by atoms with E-state index in [1.165, 1.54) is 0 Å². The molecule has 7 nitrogen and oxygen atoms in total. The van der Waals surface area contributed by atoms with Crippen LogP contribution in [0.5, 0.6) is 0 Å². The Hall–Kier alpha value is -2.67. The number of amides is 1. The summed E-state index contributed by atoms with van der Waals surface area (Å²) in [5.41, 5.74) is 1.37. The lowest BCUT2D eigenvalue weighted by atomic mass is 9.68. The Morgan fingerprint density at radius 2 is 2.00 bits per heavy atom. The van der Waals surface area contributed by atoms with E-state index < -0.39 is 11.4 Å². The first kappa shape index (κ1) is 17.7. The SMILES string of the molecule is CN1CCC[C@]2(C(=O)O)CCN(C(=O)c3cc(-c4ccccc4)n[nH]3)C[C@@H]12. The lowest BCUT2D eigenvalue weighted by Crippen LogP contribution is -2.63. The summed E-state index contributed by atoms with van der Waals surface area (Å²) in [7, 11) is 1.96. The first-order valence-corrected chi connectivity index (χ1v) is 9.35. The van der Waals surface area contributed by atoms with Gasteiger partial charge >= 0.3 is 5.97 Å². The van der Waals surface area contributed by atoms with E-state index in [2.05, 4.69) is 15.1 Å². The minimum absolute atomic E-state index is 0.123. The van der Waals surface area contributed by atoms with Gasteiger partial charge in [-0.15, -0.1) is 0 Å². The summed E-state index contributed by atoms with van der Waals surface area (Å²) < 4.78 is 0. The average Bonchev–Trinajstić information content (AvgIpc) is 3.18. The van der Waals surface area contributed by atoms with Crippen molar-refractivity contribution in [3.05, 3.63) is 42.1 Å². The fourth-order valence-electron chi connectivity index (χ4n) is 4.53. The monoisotopic (exact) mass is 368 g/mol. The third kappa shape index (κ3) is 3.02. The summed E-state index contributed by atoms with van der Waals surface area (Å²) in [6.07, 6.45) is 2.05. The summed E-state index contributed by atoms with van der Waals surface area (Å²) in [5.74, 6) is -0.860. The highest BCUT2D eigenvalue weighted by Crippen LogP contribution is 2.42. The number of nitrogens with one attached hydrogen (secondary N) is 1. The normalized spacial score (nSPS) is 25.8. The molecule has 142 valence electrons. The molecule has 0 unspecified atom stereocenters. The van der Waals surface area contributed by atoms with Gasteiger partial charge in [0.25, 0.3) is 5.91 Å². The van der Waals surface area contributed by atoms with Crippen LogP contribution in [-0.4, -0.2) is 69.7 Å². The summed E-state index contributed by atoms with van der Waals surface area (Å²) in [6, 6.07) is 11.3. The molecule has 2 aromatic rings. The second kappa shape index (κ2) is 6.81. The Kier molecular flexibility index (Phi) is 4.47. The number of likely N-dealkylation sites (N-methyl/N-ethyl adjacent to an activating group) is 1. The Balaban J connectivity index is 1.54. The van der Waals surface area contributed by atoms with E-state index in [1.807, 2.05) is 37.4 Å². The van der Waals surface area contributed by atoms with Crippen LogP contribution in [0.4, 0.5) is 0 Å². The van der Waals surface area contributed by atoms with Crippen LogP contribution < -0.4 is 0 Å². The molecule has 4 rings (SSSR count). The van der Waals surface area contributed by atoms with Crippen molar-refractivity contribution < 1.29 is 14.7 Å². The number of hydrogen-bond donors (Lipinski definition) is 2. The zero-order chi connectivity index (χ0) is 19.0. The largest absolute Gasteiger partial charge is 0.481 e. The minimum atomic E-state index is -0.743. The zero-order valence-corrected chi connectivity index (χ0v) is 15.4. The van der Waals surface area contributed by atoms with Crippen LogP contribution in [0, 0.1) is 5.41 Å². The van der Waals surface area contributed by atoms with Crippen molar-refractivity contribution in [1.82, 2.24) is 20.0 Å². The number of aromatic amines is 1. The van der Waals surface area contributed by atoms with E-state index in [-0.39, 0.29) is 11.9 Å². The number of likely N-dealkylation sites (tertiary alicyclic amines) is 2. The molecule has 2 aliphatic heterocycles. The zero-order valence-electron chi connectivity index (χ0n) is 15.4. The topological polar surface area (TPSA) is 89.5 Å². The highest BCUT2D eigenvalue weighted by Gasteiger charge is 2.52. The quantitative estimate of drug-likeness (QED) is 0.866. The molecule has 2 aliphatic rings. The maximum atomic E-state index is 13.0. The first-order chi connectivity index (χ1) is 13.0. The molecule has 2 atom stereocenters. The Bertz CT molecular complexity index is 850. The summed E-state index contributed by atoms with van der Waals surface area (Å²) >= 11 is 0. The number of carbonyl (C=O) groups is 2. The van der Waals surface area contributed by atoms with E-state index in [9.17, 15) is 14.7 Å². The number of rotatable bonds is 3. The van der Waals surface area contributed by atoms with Crippen molar-refractivity contribution in [2.24, 2.45) is 5.41 Å². The molecule has 0 bridgehead atoms. The molecule has 1 amide bonds. The summed E-state index contributed by atoms with van der Waals surface area (Å²) in [5, 5.41) is 17.0. The Morgan fingerprint density at radius 3 is 2.74 bits per heavy atom. The van der Waals surface area contributed by atoms with Gasteiger partial charge in [-0.05, 0) is 38.9 Å². The molecule has 0 saturated carbocycles. The van der Waals surface area contributed by atoms with E-state index in [0.717, 1.165) is 24.2 Å². The van der Waals surface area contributed by atoms with Gasteiger partial charge in [-0.3, -0.25) is 14.7 Å². The number of carbonyl (C=O) groups excluding carboxylic acids is 1. The number of aromatic nitrogens is 2. The van der Waals surface area contributed by atoms with Gasteiger partial charge in [-0.2, -0.15) is 5.10 Å². The third-order valence-corrected chi connectivity index (χ3v) is 6.12. The van der Waals surface area contributed by atoms with Crippen LogP contribution in [0.2, 0.25) is 0 Å². The Labute approximate surface area is 158 Å². The summed E-state index contributed by atoms with van der Waals surface area (Å²) in [6.45, 7) is 1.75. The fourth-order valence-corrected chi connectivity index (χ4v) is 4.53. The lowest BCUT2D eigenvalue weighted by Gasteiger charge is -2.51. The number of aliphatic carboxylic acids is 1. The molecule has 2 N–H and O–H groups in total. The smallest absolute Gasteiger partial charge is 0.311 e. The highest BCUT2D eigenvalue weighted by molar-refractivity contribution is 5.93. The number of carboxylic acid groups (broad SMARTS) is 1. The molecule has 2 fully saturated rings. The number of fused-ring (bicyclic) bond motifs is 1. The van der Waals surface area contributed by atoms with Crippen LogP contribution in [0.3, 0.4) is 0 Å². The van der Waals surface area contributed by atoms with Crippen molar-refractivity contribution in [3.8, 4) is 11.3 Å². The number of H-pyrrole nitrogens is 1. The standard InChI is InChI=1S/C20H24N4O3/c1-23-10-5-8-20(19(26)27)9-11-24(13-17(20)23)18(25)16-12-15(21-22-16)14-6-3-2-4-7-14/h2-4,6-7,12,17H,5,8-11,13H2,1H3,(H,21,22)(H,26,27)/t17-,20+/m1/s1. The predicted octanol–water partition coefficient (Wildman–Crippen LogP) is 2.09. The first-order valence-electron chi connectivity index (χ1n) is 9.35. The van der Waals surface area contributed by atoms with Gasteiger partial charge in [0.2, 0.25) is 0 Å². The molecule has 27 heavy (non-hydrogen) atoms. The Morgan fingerprint density at radius 1 is 1.22 bits per heavy atom. The average molecular weight is 368 g/mol. The van der Waals surface area contributed by atoms with Crippen LogP contribution in [0.25, 0.3) is 11.3 Å². The van der Waals surface area contributed by atoms with Gasteiger partial charge in [-0.25, -0.2) is 0 Å². The molecule has 1 aromatic heterocycles. The number of nitrogens with zero attached hydrogens (tertiary/aromatic N) is 3. The van der Waals surface area contributed by atoms with Gasteiger partial charge in [0.1, 0.15) is 5.69 Å². The maximum absolute atomic E-state index is 13.0. The fraction of sp³-hybridized carbons (Fsp3) is 0.450. The highest BCUT2D eigenvalue weighted by atomic mass is 16.4. The summed E-state index contributed by atoms with van der Waals surface area (Å²) in [4.78, 5) is 28.9. The number of piperidine rings is 2. The van der Waals surface area contributed by atoms with Crippen LogP contribution in [0.1, 0.15) is 29.8 Å². The second-order valence-electron chi connectivity index (χ2n) is 7.60. The van der Waals surface area contributed by atoms with E-state index in [0.29, 0.717) is 31.6 Å². The van der Waals surface area contributed by atoms with Gasteiger partial charge in [0.05, 0.1) is 11.1 Å². The molecular weight excluding hydrogens is 344 g/mol. The van der Waals surface area contributed by atoms with Gasteiger partial charge in [-0.1, -0.05) is 30.3 Å². The number of benzene rings is 1. The second-order valence-corrected chi connectivity index (χ2v) is 7.60. The molecule has 0 spiro atoms. The molecule has 0 radical (unpaired) electrons. The number of hydrogen-bond acceptors (Lipinski definition) is 4.